The van der Waals surface area contributed by atoms with Crippen LogP contribution < -0.4 is 10.2 Å². The highest BCUT2D eigenvalue weighted by Crippen LogP contribution is 2.23. The highest BCUT2D eigenvalue weighted by atomic mass is 35.5. The topological polar surface area (TPSA) is 31.2 Å². The van der Waals surface area contributed by atoms with Crippen LogP contribution in [0.5, 0.6) is 5.75 Å². The number of ether oxygens (including phenoxy) is 1. The van der Waals surface area contributed by atoms with Gasteiger partial charge in [-0.1, -0.05) is 11.6 Å². The highest BCUT2D eigenvalue weighted by molar-refractivity contribution is 6.31. The van der Waals surface area contributed by atoms with Gasteiger partial charge in [-0.05, 0) is 36.4 Å². The van der Waals surface area contributed by atoms with Crippen LogP contribution in [0.15, 0.2) is 41.2 Å². The molecule has 0 spiro atoms. The number of pyridine rings is 1. The van der Waals surface area contributed by atoms with Gasteiger partial charge in [-0.3, -0.25) is 4.79 Å². The molecule has 0 saturated carbocycles. The third-order valence-electron chi connectivity index (χ3n) is 3.38. The molecule has 0 fully saturated rings. The van der Waals surface area contributed by atoms with Gasteiger partial charge in [0.2, 0.25) is 0 Å². The molecule has 0 radical (unpaired) electrons. The molecule has 0 bridgehead atoms. The molecule has 0 amide bonds. The molecule has 3 aromatic rings. The van der Waals surface area contributed by atoms with Gasteiger partial charge in [0, 0.05) is 22.8 Å². The number of fused-ring (bicyclic) bond motifs is 2. The first-order chi connectivity index (χ1) is 9.11. The Morgan fingerprint density at radius 3 is 2.58 bits per heavy atom. The Labute approximate surface area is 115 Å². The number of hydrogen-bond acceptors (Lipinski definition) is 2. The van der Waals surface area contributed by atoms with Crippen LogP contribution in [0.3, 0.4) is 0 Å². The maximum absolute atomic E-state index is 12.5. The first-order valence-corrected chi connectivity index (χ1v) is 6.25. The Kier molecular flexibility index (Phi) is 2.72. The van der Waals surface area contributed by atoms with Crippen LogP contribution in [0.4, 0.5) is 0 Å². The number of benzene rings is 2. The van der Waals surface area contributed by atoms with Crippen molar-refractivity contribution in [1.82, 2.24) is 4.57 Å². The molecule has 0 aliphatic rings. The second-order valence-corrected chi connectivity index (χ2v) is 4.87. The van der Waals surface area contributed by atoms with Gasteiger partial charge in [-0.25, -0.2) is 0 Å². The van der Waals surface area contributed by atoms with E-state index in [2.05, 4.69) is 0 Å². The largest absolute Gasteiger partial charge is 0.497 e. The summed E-state index contributed by atoms with van der Waals surface area (Å²) in [6.07, 6.45) is 0. The van der Waals surface area contributed by atoms with Gasteiger partial charge in [0.25, 0.3) is 0 Å². The molecule has 3 rings (SSSR count). The van der Waals surface area contributed by atoms with Crippen molar-refractivity contribution < 1.29 is 4.74 Å². The maximum atomic E-state index is 12.5. The molecule has 19 heavy (non-hydrogen) atoms. The van der Waals surface area contributed by atoms with Crippen LogP contribution in [0.2, 0.25) is 5.02 Å². The monoisotopic (exact) mass is 273 g/mol. The van der Waals surface area contributed by atoms with E-state index in [4.69, 9.17) is 16.3 Å². The summed E-state index contributed by atoms with van der Waals surface area (Å²) in [4.78, 5) is 12.5. The zero-order chi connectivity index (χ0) is 13.6. The predicted octanol–water partition coefficient (Wildman–Crippen LogP) is 3.35. The molecule has 1 aromatic heterocycles. The third-order valence-corrected chi connectivity index (χ3v) is 3.61. The van der Waals surface area contributed by atoms with Gasteiger partial charge in [-0.2, -0.15) is 0 Å². The van der Waals surface area contributed by atoms with Crippen LogP contribution >= 0.6 is 11.6 Å². The summed E-state index contributed by atoms with van der Waals surface area (Å²) in [7, 11) is 3.51. The molecule has 3 nitrogen and oxygen atoms in total. The average molecular weight is 274 g/mol. The standard InChI is InChI=1S/C15H12ClNO2/c1-17-13-6-4-10(19-2)8-12(13)15(18)11-5-3-9(16)7-14(11)17/h3-8H,1-2H3. The van der Waals surface area contributed by atoms with Crippen molar-refractivity contribution in [2.75, 3.05) is 7.11 Å². The molecule has 1 heterocycles. The fourth-order valence-corrected chi connectivity index (χ4v) is 2.53. The van der Waals surface area contributed by atoms with Crippen LogP contribution in [-0.2, 0) is 7.05 Å². The van der Waals surface area contributed by atoms with E-state index in [1.54, 1.807) is 25.3 Å². The molecule has 0 aliphatic heterocycles. The minimum atomic E-state index is -0.00123. The minimum absolute atomic E-state index is 0.00123. The van der Waals surface area contributed by atoms with Gasteiger partial charge < -0.3 is 9.30 Å². The van der Waals surface area contributed by atoms with E-state index >= 15 is 0 Å². The Morgan fingerprint density at radius 2 is 1.84 bits per heavy atom. The highest BCUT2D eigenvalue weighted by Gasteiger charge is 2.09. The summed E-state index contributed by atoms with van der Waals surface area (Å²) in [6, 6.07) is 10.8. The number of aromatic nitrogens is 1. The van der Waals surface area contributed by atoms with Crippen molar-refractivity contribution in [2.45, 2.75) is 0 Å². The summed E-state index contributed by atoms with van der Waals surface area (Å²) in [5, 5.41) is 1.93. The number of rotatable bonds is 1. The first kappa shape index (κ1) is 12.1. The fraction of sp³-hybridized carbons (Fsp3) is 0.133. The zero-order valence-corrected chi connectivity index (χ0v) is 11.4. The van der Waals surface area contributed by atoms with E-state index in [-0.39, 0.29) is 5.43 Å². The Hall–Kier alpha value is -2.00. The quantitative estimate of drug-likeness (QED) is 0.637. The van der Waals surface area contributed by atoms with Crippen LogP contribution in [0.1, 0.15) is 0 Å². The van der Waals surface area contributed by atoms with Crippen LogP contribution in [0.25, 0.3) is 21.8 Å². The molecule has 96 valence electrons. The summed E-state index contributed by atoms with van der Waals surface area (Å²) in [6.45, 7) is 0. The lowest BCUT2D eigenvalue weighted by atomic mass is 10.1. The van der Waals surface area contributed by atoms with Crippen molar-refractivity contribution >= 4 is 33.4 Å². The van der Waals surface area contributed by atoms with E-state index in [0.717, 1.165) is 11.0 Å². The van der Waals surface area contributed by atoms with Crippen molar-refractivity contribution in [3.05, 3.63) is 51.6 Å². The van der Waals surface area contributed by atoms with E-state index in [1.165, 1.54) is 0 Å². The van der Waals surface area contributed by atoms with E-state index in [0.29, 0.717) is 21.5 Å². The molecule has 0 aliphatic carbocycles. The summed E-state index contributed by atoms with van der Waals surface area (Å²) in [5.74, 6) is 0.679. The number of aryl methyl sites for hydroxylation is 1. The SMILES string of the molecule is COc1ccc2c(c1)c(=O)c1ccc(Cl)cc1n2C. The molecular weight excluding hydrogens is 262 g/mol. The summed E-state index contributed by atoms with van der Waals surface area (Å²) < 4.78 is 7.15. The minimum Gasteiger partial charge on any atom is -0.497 e. The number of halogens is 1. The maximum Gasteiger partial charge on any atom is 0.197 e. The lowest BCUT2D eigenvalue weighted by molar-refractivity contribution is 0.415. The van der Waals surface area contributed by atoms with Crippen LogP contribution in [-0.4, -0.2) is 11.7 Å². The van der Waals surface area contributed by atoms with Gasteiger partial charge in [0.05, 0.1) is 18.1 Å². The molecule has 2 aromatic carbocycles. The fourth-order valence-electron chi connectivity index (χ4n) is 2.37. The van der Waals surface area contributed by atoms with E-state index < -0.39 is 0 Å². The van der Waals surface area contributed by atoms with Gasteiger partial charge >= 0.3 is 0 Å². The van der Waals surface area contributed by atoms with Crippen molar-refractivity contribution in [3.63, 3.8) is 0 Å². The molecule has 4 heteroatoms. The summed E-state index contributed by atoms with van der Waals surface area (Å²) >= 11 is 6.01. The van der Waals surface area contributed by atoms with Gasteiger partial charge in [0.15, 0.2) is 5.43 Å². The van der Waals surface area contributed by atoms with Crippen LogP contribution in [0, 0.1) is 0 Å². The van der Waals surface area contributed by atoms with E-state index in [9.17, 15) is 4.79 Å². The zero-order valence-electron chi connectivity index (χ0n) is 10.6. The smallest absolute Gasteiger partial charge is 0.197 e. The van der Waals surface area contributed by atoms with Crippen molar-refractivity contribution in [3.8, 4) is 5.75 Å². The second-order valence-electron chi connectivity index (χ2n) is 4.43. The summed E-state index contributed by atoms with van der Waals surface area (Å²) in [5.41, 5.74) is 1.69. The number of methoxy groups -OCH3 is 1. The lowest BCUT2D eigenvalue weighted by Crippen LogP contribution is -2.09. The Bertz CT molecular complexity index is 852. The van der Waals surface area contributed by atoms with Gasteiger partial charge in [-0.15, -0.1) is 0 Å². The predicted molar refractivity (Wildman–Crippen MR) is 78.3 cm³/mol. The number of hydrogen-bond donors (Lipinski definition) is 0. The lowest BCUT2D eigenvalue weighted by Gasteiger charge is -2.11. The van der Waals surface area contributed by atoms with E-state index in [1.807, 2.05) is 29.8 Å². The second kappa shape index (κ2) is 4.28. The number of nitrogens with zero attached hydrogens (tertiary/aromatic N) is 1. The molecule has 0 N–H and O–H groups in total. The Morgan fingerprint density at radius 1 is 1.05 bits per heavy atom. The third kappa shape index (κ3) is 1.78. The normalized spacial score (nSPS) is 11.1. The molecular formula is C15H12ClNO2. The molecule has 0 unspecified atom stereocenters. The first-order valence-electron chi connectivity index (χ1n) is 5.88. The molecule has 0 saturated heterocycles. The Balaban J connectivity index is 2.56. The van der Waals surface area contributed by atoms with Gasteiger partial charge in [0.1, 0.15) is 5.75 Å². The molecule has 0 atom stereocenters. The van der Waals surface area contributed by atoms with Crippen molar-refractivity contribution in [2.24, 2.45) is 7.05 Å². The average Bonchev–Trinajstić information content (AvgIpc) is 2.44. The van der Waals surface area contributed by atoms with Crippen molar-refractivity contribution in [1.29, 1.82) is 0 Å².